The maximum absolute atomic E-state index is 4.06. The largest absolute Gasteiger partial charge is 1.00 e. The fraction of sp³-hybridized carbons (Fsp3) is 0.667. The van der Waals surface area contributed by atoms with E-state index in [1.807, 2.05) is 20.8 Å². The van der Waals surface area contributed by atoms with Gasteiger partial charge in [-0.2, -0.15) is 5.10 Å². The van der Waals surface area contributed by atoms with E-state index in [0.717, 1.165) is 5.69 Å². The van der Waals surface area contributed by atoms with Gasteiger partial charge in [0.05, 0.1) is 6.04 Å². The second-order valence-corrected chi connectivity index (χ2v) is 2.31. The molecule has 4 heteroatoms. The van der Waals surface area contributed by atoms with Crippen molar-refractivity contribution in [2.75, 3.05) is 0 Å². The summed E-state index contributed by atoms with van der Waals surface area (Å²) < 4.78 is 0. The van der Waals surface area contributed by atoms with Crippen LogP contribution in [0.25, 0.3) is 0 Å². The van der Waals surface area contributed by atoms with Crippen LogP contribution in [0, 0.1) is 13.1 Å². The van der Waals surface area contributed by atoms with Crippen LogP contribution in [0.4, 0.5) is 0 Å². The topological polar surface area (TPSA) is 30.7 Å². The third-order valence-corrected chi connectivity index (χ3v) is 1.03. The Morgan fingerprint density at radius 3 is 2.30 bits per heavy atom. The summed E-state index contributed by atoms with van der Waals surface area (Å²) in [4.78, 5) is 1.65. The third kappa shape index (κ3) is 2.90. The maximum atomic E-state index is 4.06. The van der Waals surface area contributed by atoms with Gasteiger partial charge in [-0.05, 0) is 13.8 Å². The Kier molecular flexibility index (Phi) is 5.20. The van der Waals surface area contributed by atoms with Gasteiger partial charge in [0.15, 0.2) is 0 Å². The van der Waals surface area contributed by atoms with Crippen molar-refractivity contribution in [1.29, 1.82) is 0 Å². The molecule has 0 bridgehead atoms. The van der Waals surface area contributed by atoms with E-state index in [1.165, 1.54) is 0 Å². The molecular weight excluding hydrogens is 200 g/mol. The first-order valence-electron chi connectivity index (χ1n) is 3.01. The van der Waals surface area contributed by atoms with Gasteiger partial charge in [-0.15, -0.1) is 5.69 Å². The zero-order chi connectivity index (χ0) is 6.85. The molecule has 1 aromatic heterocycles. The van der Waals surface area contributed by atoms with Crippen LogP contribution in [0.15, 0.2) is 0 Å². The van der Waals surface area contributed by atoms with E-state index in [2.05, 4.69) is 16.4 Å². The minimum atomic E-state index is 0. The summed E-state index contributed by atoms with van der Waals surface area (Å²) in [5, 5.41) is 7.96. The number of aryl methyl sites for hydroxylation is 1. The minimum absolute atomic E-state index is 0. The van der Waals surface area contributed by atoms with Crippen LogP contribution >= 0.6 is 0 Å². The summed E-state index contributed by atoms with van der Waals surface area (Å²) in [5.41, 5.74) is 0.851. The molecule has 0 spiro atoms. The van der Waals surface area contributed by atoms with E-state index in [1.54, 1.807) is 4.80 Å². The number of aromatic nitrogens is 3. The monoisotopic (exact) mass is 209 g/mol. The van der Waals surface area contributed by atoms with Gasteiger partial charge in [-0.3, -0.25) is 0 Å². The predicted molar refractivity (Wildman–Crippen MR) is 34.0 cm³/mol. The molecule has 0 aromatic carbocycles. The number of hydrogen-bond acceptors (Lipinski definition) is 2. The zero-order valence-corrected chi connectivity index (χ0v) is 11.8. The third-order valence-electron chi connectivity index (χ3n) is 1.03. The standard InChI is InChI=1S/C6H10N3.Rb/c1-5(2)9-7-4-6(3)8-9;/h5H,1-3H3;/q-1;+1. The quantitative estimate of drug-likeness (QED) is 0.500. The molecule has 0 aliphatic rings. The predicted octanol–water partition coefficient (Wildman–Crippen LogP) is -2.03. The molecule has 0 N–H and O–H groups in total. The van der Waals surface area contributed by atoms with E-state index >= 15 is 0 Å². The molecule has 1 heterocycles. The van der Waals surface area contributed by atoms with Gasteiger partial charge >= 0.3 is 58.2 Å². The van der Waals surface area contributed by atoms with E-state index < -0.39 is 0 Å². The van der Waals surface area contributed by atoms with E-state index in [0.29, 0.717) is 6.04 Å². The van der Waals surface area contributed by atoms with Crippen LogP contribution in [-0.2, 0) is 0 Å². The van der Waals surface area contributed by atoms with Crippen LogP contribution in [0.2, 0.25) is 0 Å². The Labute approximate surface area is 110 Å². The molecule has 0 unspecified atom stereocenters. The molecule has 0 fully saturated rings. The average Bonchev–Trinajstić information content (AvgIpc) is 2.14. The van der Waals surface area contributed by atoms with Crippen molar-refractivity contribution in [3.8, 4) is 0 Å². The van der Waals surface area contributed by atoms with Crippen molar-refractivity contribution < 1.29 is 58.2 Å². The normalized spacial score (nSPS) is 9.60. The fourth-order valence-corrected chi connectivity index (χ4v) is 0.553. The van der Waals surface area contributed by atoms with Crippen molar-refractivity contribution in [2.24, 2.45) is 0 Å². The van der Waals surface area contributed by atoms with Crippen molar-refractivity contribution in [1.82, 2.24) is 15.0 Å². The van der Waals surface area contributed by atoms with Crippen LogP contribution in [0.3, 0.4) is 0 Å². The first-order valence-corrected chi connectivity index (χ1v) is 3.01. The summed E-state index contributed by atoms with van der Waals surface area (Å²) in [7, 11) is 0. The molecule has 0 saturated carbocycles. The van der Waals surface area contributed by atoms with Gasteiger partial charge < -0.3 is 11.3 Å². The average molecular weight is 210 g/mol. The molecule has 0 amide bonds. The summed E-state index contributed by atoms with van der Waals surface area (Å²) in [6, 6.07) is 0.343. The van der Waals surface area contributed by atoms with Gasteiger partial charge in [-0.25, -0.2) is 4.80 Å². The minimum Gasteiger partial charge on any atom is -0.374 e. The van der Waals surface area contributed by atoms with Crippen LogP contribution < -0.4 is 58.2 Å². The molecule has 0 aliphatic heterocycles. The van der Waals surface area contributed by atoms with Crippen molar-refractivity contribution in [2.45, 2.75) is 26.8 Å². The Balaban J connectivity index is 0.000000810. The first-order chi connectivity index (χ1) is 4.20. The van der Waals surface area contributed by atoms with Crippen molar-refractivity contribution in [3.05, 3.63) is 11.9 Å². The van der Waals surface area contributed by atoms with Gasteiger partial charge in [0.25, 0.3) is 0 Å². The van der Waals surface area contributed by atoms with Gasteiger partial charge in [0, 0.05) is 0 Å². The molecule has 0 aliphatic carbocycles. The second kappa shape index (κ2) is 4.75. The molecule has 10 heavy (non-hydrogen) atoms. The van der Waals surface area contributed by atoms with Crippen LogP contribution in [0.1, 0.15) is 25.6 Å². The van der Waals surface area contributed by atoms with Crippen LogP contribution in [-0.4, -0.2) is 15.0 Å². The van der Waals surface area contributed by atoms with Gasteiger partial charge in [-0.1, -0.05) is 6.92 Å². The molecule has 0 atom stereocenters. The smallest absolute Gasteiger partial charge is 0.374 e. The molecule has 1 aromatic rings. The molecule has 3 nitrogen and oxygen atoms in total. The number of nitrogens with zero attached hydrogens (tertiary/aromatic N) is 3. The summed E-state index contributed by atoms with van der Waals surface area (Å²) in [6.07, 6.45) is 2.75. The maximum Gasteiger partial charge on any atom is 1.00 e. The van der Waals surface area contributed by atoms with Gasteiger partial charge in [0.2, 0.25) is 0 Å². The van der Waals surface area contributed by atoms with E-state index in [-0.39, 0.29) is 58.2 Å². The van der Waals surface area contributed by atoms with E-state index in [4.69, 9.17) is 0 Å². The molecule has 1 rings (SSSR count). The Hall–Kier alpha value is 0.945. The Bertz CT molecular complexity index is 195. The number of rotatable bonds is 1. The van der Waals surface area contributed by atoms with Crippen molar-refractivity contribution >= 4 is 0 Å². The summed E-state index contributed by atoms with van der Waals surface area (Å²) in [6.45, 7) is 5.95. The van der Waals surface area contributed by atoms with Crippen molar-refractivity contribution in [3.63, 3.8) is 0 Å². The summed E-state index contributed by atoms with van der Waals surface area (Å²) in [5.74, 6) is 0. The Morgan fingerprint density at radius 1 is 1.50 bits per heavy atom. The molecular formula is C6H10N3Rb. The SMILES string of the molecule is Cc1[c-]nn(C(C)C)n1.[Rb+]. The first kappa shape index (κ1) is 10.9. The zero-order valence-electron chi connectivity index (χ0n) is 6.92. The van der Waals surface area contributed by atoms with E-state index in [9.17, 15) is 0 Å². The molecule has 0 saturated heterocycles. The molecule has 0 radical (unpaired) electrons. The molecule has 50 valence electrons. The second-order valence-electron chi connectivity index (χ2n) is 2.31. The fourth-order valence-electron chi connectivity index (χ4n) is 0.553. The van der Waals surface area contributed by atoms with Crippen LogP contribution in [0.5, 0.6) is 0 Å². The number of hydrogen-bond donors (Lipinski definition) is 0. The van der Waals surface area contributed by atoms with Gasteiger partial charge in [0.1, 0.15) is 0 Å². The Morgan fingerprint density at radius 2 is 2.10 bits per heavy atom. The summed E-state index contributed by atoms with van der Waals surface area (Å²) >= 11 is 0.